The molecule has 0 fully saturated rings. The molecule has 2 heterocycles. The van der Waals surface area contributed by atoms with E-state index in [1.54, 1.807) is 48.3 Å². The fourth-order valence-electron chi connectivity index (χ4n) is 5.95. The summed E-state index contributed by atoms with van der Waals surface area (Å²) in [6.45, 7) is 5.82. The second kappa shape index (κ2) is 9.14. The van der Waals surface area contributed by atoms with Crippen LogP contribution in [0.5, 0.6) is 28.7 Å². The molecule has 1 spiro atoms. The number of nitrogens with one attached hydrogen (secondary N) is 1. The van der Waals surface area contributed by atoms with Gasteiger partial charge in [-0.1, -0.05) is 38.1 Å². The molecule has 40 heavy (non-hydrogen) atoms. The number of aromatic hydroxyl groups is 3. The van der Waals surface area contributed by atoms with Gasteiger partial charge in [0.25, 0.3) is 5.91 Å². The smallest absolute Gasteiger partial charge is 0.269 e. The van der Waals surface area contributed by atoms with Crippen LogP contribution in [0.1, 0.15) is 73.9 Å². The molecule has 4 aromatic rings. The van der Waals surface area contributed by atoms with Crippen LogP contribution < -0.4 is 10.2 Å². The lowest BCUT2D eigenvalue weighted by molar-refractivity contribution is 0.0498. The van der Waals surface area contributed by atoms with E-state index in [0.29, 0.717) is 51.2 Å². The summed E-state index contributed by atoms with van der Waals surface area (Å²) < 4.78 is 6.14. The Labute approximate surface area is 231 Å². The van der Waals surface area contributed by atoms with Gasteiger partial charge in [-0.05, 0) is 59.9 Å². The fraction of sp³-hybridized carbons (Fsp3) is 0.188. The van der Waals surface area contributed by atoms with Crippen LogP contribution in [-0.2, 0) is 12.1 Å². The minimum absolute atomic E-state index is 0.00283. The van der Waals surface area contributed by atoms with Crippen molar-refractivity contribution in [1.82, 2.24) is 10.4 Å². The van der Waals surface area contributed by atoms with E-state index in [0.717, 1.165) is 5.56 Å². The van der Waals surface area contributed by atoms with Crippen molar-refractivity contribution in [2.75, 3.05) is 0 Å². The van der Waals surface area contributed by atoms with Gasteiger partial charge < -0.3 is 20.1 Å². The fourth-order valence-corrected chi connectivity index (χ4v) is 5.95. The second-order valence-corrected chi connectivity index (χ2v) is 10.5. The van der Waals surface area contributed by atoms with Crippen molar-refractivity contribution in [3.63, 3.8) is 0 Å². The normalized spacial score (nSPS) is 14.6. The third-order valence-electron chi connectivity index (χ3n) is 7.93. The van der Waals surface area contributed by atoms with E-state index < -0.39 is 5.54 Å². The van der Waals surface area contributed by atoms with E-state index in [9.17, 15) is 24.9 Å². The number of phenols is 3. The first kappa shape index (κ1) is 25.5. The average Bonchev–Trinajstić information content (AvgIpc) is 3.16. The molecule has 4 aromatic carbocycles. The van der Waals surface area contributed by atoms with Crippen LogP contribution in [0.15, 0.2) is 66.7 Å². The topological polar surface area (TPSA) is 119 Å². The number of nitrogens with zero attached hydrogens (tertiary/aromatic N) is 1. The van der Waals surface area contributed by atoms with Gasteiger partial charge in [0.1, 0.15) is 34.3 Å². The van der Waals surface area contributed by atoms with Crippen LogP contribution in [-0.4, -0.2) is 32.5 Å². The van der Waals surface area contributed by atoms with E-state index in [4.69, 9.17) is 4.74 Å². The molecule has 8 heteroatoms. The van der Waals surface area contributed by atoms with Gasteiger partial charge in [-0.3, -0.25) is 14.6 Å². The molecule has 0 aliphatic carbocycles. The predicted molar refractivity (Wildman–Crippen MR) is 148 cm³/mol. The number of ether oxygens (including phenoxy) is 1. The van der Waals surface area contributed by atoms with Crippen molar-refractivity contribution >= 4 is 12.2 Å². The number of hydrogen-bond acceptors (Lipinski definition) is 7. The standard InChI is InChI=1S/C32H28N2O6/c1-17(2)23-12-19(18(3)24(16-35)30(23)38)15-33-34-31(39)22-6-4-5-7-25(22)32(34)26-10-8-20(36)13-28(26)40-29-14-21(37)9-11-27(29)32/h4-14,16-17,33,36-38H,15H2,1-3H3. The first-order valence-corrected chi connectivity index (χ1v) is 13.0. The molecule has 1 amide bonds. The molecule has 0 unspecified atom stereocenters. The van der Waals surface area contributed by atoms with Crippen molar-refractivity contribution in [3.8, 4) is 28.7 Å². The number of hydrazine groups is 1. The number of phenolic OH excluding ortho intramolecular Hbond substituents is 3. The summed E-state index contributed by atoms with van der Waals surface area (Å²) in [5.41, 5.74) is 6.87. The molecule has 0 radical (unpaired) electrons. The zero-order chi connectivity index (χ0) is 28.3. The number of benzene rings is 4. The quantitative estimate of drug-likeness (QED) is 0.245. The number of rotatable bonds is 5. The van der Waals surface area contributed by atoms with Crippen molar-refractivity contribution in [3.05, 3.63) is 111 Å². The van der Waals surface area contributed by atoms with Crippen molar-refractivity contribution < 1.29 is 29.6 Å². The van der Waals surface area contributed by atoms with Crippen LogP contribution in [0.3, 0.4) is 0 Å². The first-order chi connectivity index (χ1) is 19.2. The molecule has 0 aromatic heterocycles. The lowest BCUT2D eigenvalue weighted by Gasteiger charge is -2.44. The maximum absolute atomic E-state index is 14.1. The number of carbonyl (C=O) groups is 2. The average molecular weight is 537 g/mol. The minimum Gasteiger partial charge on any atom is -0.508 e. The molecule has 0 saturated carbocycles. The first-order valence-electron chi connectivity index (χ1n) is 13.0. The molecular weight excluding hydrogens is 508 g/mol. The molecule has 8 nitrogen and oxygen atoms in total. The second-order valence-electron chi connectivity index (χ2n) is 10.5. The molecular formula is C32H28N2O6. The summed E-state index contributed by atoms with van der Waals surface area (Å²) in [7, 11) is 0. The van der Waals surface area contributed by atoms with Crippen LogP contribution in [0.4, 0.5) is 0 Å². The van der Waals surface area contributed by atoms with Gasteiger partial charge in [0.2, 0.25) is 0 Å². The van der Waals surface area contributed by atoms with Crippen LogP contribution in [0.25, 0.3) is 0 Å². The summed E-state index contributed by atoms with van der Waals surface area (Å²) in [5.74, 6) is 0.359. The van der Waals surface area contributed by atoms with Gasteiger partial charge in [-0.25, -0.2) is 5.43 Å². The Morgan fingerprint density at radius 3 is 2.15 bits per heavy atom. The third kappa shape index (κ3) is 3.49. The summed E-state index contributed by atoms with van der Waals surface area (Å²) in [5, 5.41) is 32.8. The zero-order valence-corrected chi connectivity index (χ0v) is 22.2. The summed E-state index contributed by atoms with van der Waals surface area (Å²) >= 11 is 0. The molecule has 0 atom stereocenters. The third-order valence-corrected chi connectivity index (χ3v) is 7.93. The highest BCUT2D eigenvalue weighted by atomic mass is 16.5. The summed E-state index contributed by atoms with van der Waals surface area (Å²) in [6, 6.07) is 18.7. The molecule has 0 saturated heterocycles. The number of aldehydes is 1. The van der Waals surface area contributed by atoms with Crippen molar-refractivity contribution in [1.29, 1.82) is 0 Å². The molecule has 2 aliphatic rings. The van der Waals surface area contributed by atoms with Crippen molar-refractivity contribution in [2.24, 2.45) is 0 Å². The molecule has 2 aliphatic heterocycles. The highest BCUT2D eigenvalue weighted by Crippen LogP contribution is 2.57. The molecule has 4 N–H and O–H groups in total. The van der Waals surface area contributed by atoms with E-state index >= 15 is 0 Å². The van der Waals surface area contributed by atoms with Crippen LogP contribution in [0.2, 0.25) is 0 Å². The number of carbonyl (C=O) groups excluding carboxylic acids is 2. The Hall–Kier alpha value is -4.82. The Bertz CT molecular complexity index is 1660. The van der Waals surface area contributed by atoms with E-state index in [1.807, 2.05) is 32.0 Å². The lowest BCUT2D eigenvalue weighted by Crippen LogP contribution is -2.53. The monoisotopic (exact) mass is 536 g/mol. The highest BCUT2D eigenvalue weighted by molar-refractivity contribution is 6.02. The highest BCUT2D eigenvalue weighted by Gasteiger charge is 2.56. The number of hydrogen-bond donors (Lipinski definition) is 4. The summed E-state index contributed by atoms with van der Waals surface area (Å²) in [6.07, 6.45) is 0.655. The SMILES string of the molecule is Cc1c(CNN2C(=O)c3ccccc3C23c2ccc(O)cc2Oc2cc(O)ccc23)cc(C(C)C)c(O)c1C=O. The molecule has 6 rings (SSSR count). The largest absolute Gasteiger partial charge is 0.508 e. The number of amides is 1. The molecule has 202 valence electrons. The van der Waals surface area contributed by atoms with Gasteiger partial charge >= 0.3 is 0 Å². The van der Waals surface area contributed by atoms with E-state index in [1.165, 1.54) is 12.1 Å². The van der Waals surface area contributed by atoms with Gasteiger partial charge in [0.05, 0.1) is 5.56 Å². The Kier molecular flexibility index (Phi) is 5.81. The Morgan fingerprint density at radius 1 is 0.925 bits per heavy atom. The van der Waals surface area contributed by atoms with Crippen LogP contribution >= 0.6 is 0 Å². The Balaban J connectivity index is 1.57. The van der Waals surface area contributed by atoms with Gasteiger partial charge in [-0.15, -0.1) is 0 Å². The predicted octanol–water partition coefficient (Wildman–Crippen LogP) is 5.61. The van der Waals surface area contributed by atoms with E-state index in [-0.39, 0.29) is 41.2 Å². The maximum Gasteiger partial charge on any atom is 0.269 e. The van der Waals surface area contributed by atoms with Crippen LogP contribution in [0, 0.1) is 6.92 Å². The lowest BCUT2D eigenvalue weighted by atomic mass is 9.75. The number of fused-ring (bicyclic) bond motifs is 6. The molecule has 0 bridgehead atoms. The minimum atomic E-state index is -1.20. The summed E-state index contributed by atoms with van der Waals surface area (Å²) in [4.78, 5) is 26.0. The zero-order valence-electron chi connectivity index (χ0n) is 22.2. The van der Waals surface area contributed by atoms with Gasteiger partial charge in [0, 0.05) is 40.9 Å². The van der Waals surface area contributed by atoms with Gasteiger partial charge in [-0.2, -0.15) is 0 Å². The van der Waals surface area contributed by atoms with Gasteiger partial charge in [0.15, 0.2) is 6.29 Å². The maximum atomic E-state index is 14.1. The van der Waals surface area contributed by atoms with E-state index in [2.05, 4.69) is 5.43 Å². The Morgan fingerprint density at radius 2 is 1.55 bits per heavy atom. The van der Waals surface area contributed by atoms with Crippen molar-refractivity contribution in [2.45, 2.75) is 38.8 Å².